The van der Waals surface area contributed by atoms with Gasteiger partial charge in [0.1, 0.15) is 12.1 Å². The molecule has 1 amide bonds. The summed E-state index contributed by atoms with van der Waals surface area (Å²) in [4.78, 5) is 13.8. The number of nitrogens with zero attached hydrogens (tertiary/aromatic N) is 4. The molecule has 128 valence electrons. The Morgan fingerprint density at radius 1 is 1.04 bits per heavy atom. The largest absolute Gasteiger partial charge is 0.273 e. The summed E-state index contributed by atoms with van der Waals surface area (Å²) in [7, 11) is -4.00. The minimum absolute atomic E-state index is 0.178. The molecule has 0 unspecified atom stereocenters. The number of halogens is 1. The molecule has 3 aromatic rings. The molecule has 0 aliphatic carbocycles. The van der Waals surface area contributed by atoms with Gasteiger partial charge >= 0.3 is 0 Å². The predicted molar refractivity (Wildman–Crippen MR) is 83.3 cm³/mol. The quantitative estimate of drug-likeness (QED) is 0.635. The Morgan fingerprint density at radius 2 is 1.72 bits per heavy atom. The van der Waals surface area contributed by atoms with Gasteiger partial charge in [0, 0.05) is 5.56 Å². The standard InChI is InChI=1S/C14H11FN6O3S/c15-11-3-7-13(8-4-11)25(23,24)20-17-14(22)10-1-5-12(6-2-10)21-9-16-18-19-21/h1-9,20H,(H,17,22). The van der Waals surface area contributed by atoms with Crippen molar-refractivity contribution < 1.29 is 17.6 Å². The van der Waals surface area contributed by atoms with Gasteiger partial charge in [0.15, 0.2) is 0 Å². The maximum Gasteiger partial charge on any atom is 0.266 e. The number of tetrazole rings is 1. The summed E-state index contributed by atoms with van der Waals surface area (Å²) in [6.45, 7) is 0. The molecule has 0 saturated heterocycles. The number of rotatable bonds is 5. The third kappa shape index (κ3) is 3.84. The van der Waals surface area contributed by atoms with E-state index in [4.69, 9.17) is 0 Å². The van der Waals surface area contributed by atoms with Crippen molar-refractivity contribution in [3.05, 3.63) is 66.2 Å². The van der Waals surface area contributed by atoms with Crippen molar-refractivity contribution >= 4 is 15.9 Å². The lowest BCUT2D eigenvalue weighted by atomic mass is 10.2. The topological polar surface area (TPSA) is 119 Å². The summed E-state index contributed by atoms with van der Waals surface area (Å²) in [5.74, 6) is -1.22. The average molecular weight is 362 g/mol. The first-order valence-corrected chi connectivity index (χ1v) is 8.35. The molecule has 0 aliphatic rings. The molecule has 0 fully saturated rings. The summed E-state index contributed by atoms with van der Waals surface area (Å²) in [6, 6.07) is 10.4. The van der Waals surface area contributed by atoms with Crippen LogP contribution in [0.1, 0.15) is 10.4 Å². The fourth-order valence-electron chi connectivity index (χ4n) is 1.90. The summed E-state index contributed by atoms with van der Waals surface area (Å²) < 4.78 is 38.3. The van der Waals surface area contributed by atoms with Gasteiger partial charge in [-0.05, 0) is 59.0 Å². The van der Waals surface area contributed by atoms with Crippen LogP contribution in [0.4, 0.5) is 4.39 Å². The number of sulfonamides is 1. The van der Waals surface area contributed by atoms with E-state index in [0.29, 0.717) is 5.69 Å². The molecule has 1 aromatic heterocycles. The fourth-order valence-corrected chi connectivity index (χ4v) is 2.74. The number of aromatic nitrogens is 4. The summed E-state index contributed by atoms with van der Waals surface area (Å²) in [5.41, 5.74) is 2.94. The van der Waals surface area contributed by atoms with Crippen LogP contribution in [-0.2, 0) is 10.0 Å². The predicted octanol–water partition coefficient (Wildman–Crippen LogP) is 0.425. The number of nitrogens with one attached hydrogen (secondary N) is 2. The minimum Gasteiger partial charge on any atom is -0.273 e. The molecule has 0 bridgehead atoms. The highest BCUT2D eigenvalue weighted by Gasteiger charge is 2.15. The molecule has 9 nitrogen and oxygen atoms in total. The third-order valence-electron chi connectivity index (χ3n) is 3.17. The van der Waals surface area contributed by atoms with Crippen LogP contribution in [-0.4, -0.2) is 34.5 Å². The van der Waals surface area contributed by atoms with Crippen LogP contribution in [0.15, 0.2) is 59.8 Å². The SMILES string of the molecule is O=C(NNS(=O)(=O)c1ccc(F)cc1)c1ccc(-n2cnnn2)cc1. The molecule has 0 saturated carbocycles. The van der Waals surface area contributed by atoms with Gasteiger partial charge in [-0.15, -0.1) is 9.93 Å². The van der Waals surface area contributed by atoms with Crippen LogP contribution in [0.5, 0.6) is 0 Å². The molecule has 0 aliphatic heterocycles. The van der Waals surface area contributed by atoms with Gasteiger partial charge in [-0.3, -0.25) is 10.2 Å². The van der Waals surface area contributed by atoms with Crippen LogP contribution in [0.25, 0.3) is 5.69 Å². The van der Waals surface area contributed by atoms with Gasteiger partial charge in [-0.2, -0.15) is 0 Å². The molecule has 2 aromatic carbocycles. The number of hydrogen-bond acceptors (Lipinski definition) is 6. The van der Waals surface area contributed by atoms with Gasteiger partial charge in [-0.25, -0.2) is 17.5 Å². The normalized spacial score (nSPS) is 11.2. The molecule has 0 radical (unpaired) electrons. The average Bonchev–Trinajstić information content (AvgIpc) is 3.15. The van der Waals surface area contributed by atoms with Crippen molar-refractivity contribution in [2.24, 2.45) is 0 Å². The van der Waals surface area contributed by atoms with E-state index in [-0.39, 0.29) is 10.5 Å². The Balaban J connectivity index is 1.67. The summed E-state index contributed by atoms with van der Waals surface area (Å²) in [5, 5.41) is 10.7. The maximum atomic E-state index is 12.8. The summed E-state index contributed by atoms with van der Waals surface area (Å²) in [6.07, 6.45) is 1.39. The van der Waals surface area contributed by atoms with Gasteiger partial charge in [0.2, 0.25) is 0 Å². The molecule has 3 rings (SSSR count). The van der Waals surface area contributed by atoms with E-state index in [0.717, 1.165) is 24.3 Å². The first-order valence-electron chi connectivity index (χ1n) is 6.87. The second-order valence-corrected chi connectivity index (χ2v) is 6.50. The Bertz CT molecular complexity index is 972. The van der Waals surface area contributed by atoms with Crippen LogP contribution in [0, 0.1) is 5.82 Å². The van der Waals surface area contributed by atoms with Gasteiger partial charge in [-0.1, -0.05) is 0 Å². The maximum absolute atomic E-state index is 12.8. The molecule has 0 atom stereocenters. The third-order valence-corrected chi connectivity index (χ3v) is 4.43. The first-order chi connectivity index (χ1) is 12.0. The number of carbonyl (C=O) groups is 1. The number of benzene rings is 2. The first kappa shape index (κ1) is 16.7. The highest BCUT2D eigenvalue weighted by atomic mass is 32.2. The Morgan fingerprint density at radius 3 is 2.32 bits per heavy atom. The second kappa shape index (κ2) is 6.75. The zero-order valence-electron chi connectivity index (χ0n) is 12.5. The van der Waals surface area contributed by atoms with Crippen molar-refractivity contribution in [2.45, 2.75) is 4.90 Å². The number of amides is 1. The molecule has 1 heterocycles. The smallest absolute Gasteiger partial charge is 0.266 e. The molecule has 2 N–H and O–H groups in total. The van der Waals surface area contributed by atoms with E-state index < -0.39 is 21.7 Å². The molecule has 11 heteroatoms. The van der Waals surface area contributed by atoms with Crippen LogP contribution in [0.2, 0.25) is 0 Å². The Labute approximate surface area is 141 Å². The zero-order chi connectivity index (χ0) is 17.9. The Hall–Kier alpha value is -3.18. The lowest BCUT2D eigenvalue weighted by molar-refractivity contribution is 0.0945. The number of carbonyl (C=O) groups excluding carboxylic acids is 1. The van der Waals surface area contributed by atoms with Crippen LogP contribution < -0.4 is 10.3 Å². The second-order valence-electron chi connectivity index (χ2n) is 4.81. The van der Waals surface area contributed by atoms with E-state index in [1.165, 1.54) is 23.1 Å². The van der Waals surface area contributed by atoms with Crippen molar-refractivity contribution in [1.29, 1.82) is 0 Å². The van der Waals surface area contributed by atoms with E-state index in [2.05, 4.69) is 21.0 Å². The lowest BCUT2D eigenvalue weighted by Crippen LogP contribution is -2.41. The highest BCUT2D eigenvalue weighted by Crippen LogP contribution is 2.10. The van der Waals surface area contributed by atoms with Crippen LogP contribution >= 0.6 is 0 Å². The number of hydrazine groups is 1. The van der Waals surface area contributed by atoms with Crippen LogP contribution in [0.3, 0.4) is 0 Å². The van der Waals surface area contributed by atoms with Gasteiger partial charge in [0.05, 0.1) is 10.6 Å². The van der Waals surface area contributed by atoms with E-state index in [1.807, 2.05) is 4.83 Å². The molecular formula is C14H11FN6O3S. The van der Waals surface area contributed by atoms with Crippen molar-refractivity contribution in [3.63, 3.8) is 0 Å². The molecule has 25 heavy (non-hydrogen) atoms. The fraction of sp³-hybridized carbons (Fsp3) is 0. The monoisotopic (exact) mass is 362 g/mol. The van der Waals surface area contributed by atoms with E-state index >= 15 is 0 Å². The Kier molecular flexibility index (Phi) is 4.50. The molecular weight excluding hydrogens is 351 g/mol. The van der Waals surface area contributed by atoms with Crippen molar-refractivity contribution in [1.82, 2.24) is 30.5 Å². The van der Waals surface area contributed by atoms with E-state index in [9.17, 15) is 17.6 Å². The van der Waals surface area contributed by atoms with Crippen molar-refractivity contribution in [2.75, 3.05) is 0 Å². The van der Waals surface area contributed by atoms with E-state index in [1.54, 1.807) is 12.1 Å². The highest BCUT2D eigenvalue weighted by molar-refractivity contribution is 7.89. The zero-order valence-corrected chi connectivity index (χ0v) is 13.3. The van der Waals surface area contributed by atoms with Gasteiger partial charge < -0.3 is 0 Å². The van der Waals surface area contributed by atoms with Crippen molar-refractivity contribution in [3.8, 4) is 5.69 Å². The summed E-state index contributed by atoms with van der Waals surface area (Å²) >= 11 is 0. The lowest BCUT2D eigenvalue weighted by Gasteiger charge is -2.09. The van der Waals surface area contributed by atoms with Gasteiger partial charge in [0.25, 0.3) is 15.9 Å². The minimum atomic E-state index is -4.00. The molecule has 0 spiro atoms. The number of hydrogen-bond donors (Lipinski definition) is 2.